The molecule has 10 nitrogen and oxygen atoms in total. The zero-order valence-corrected chi connectivity index (χ0v) is 17.4. The Bertz CT molecular complexity index is 1190. The van der Waals surface area contributed by atoms with Crippen molar-refractivity contribution in [3.63, 3.8) is 0 Å². The summed E-state index contributed by atoms with van der Waals surface area (Å²) in [7, 11) is -4.04. The van der Waals surface area contributed by atoms with Crippen molar-refractivity contribution in [1.29, 1.82) is 5.26 Å². The van der Waals surface area contributed by atoms with Gasteiger partial charge in [-0.1, -0.05) is 24.3 Å². The average molecular weight is 457 g/mol. The van der Waals surface area contributed by atoms with Gasteiger partial charge < -0.3 is 15.1 Å². The molecule has 0 spiro atoms. The van der Waals surface area contributed by atoms with Crippen LogP contribution in [0.25, 0.3) is 11.1 Å². The van der Waals surface area contributed by atoms with Crippen molar-refractivity contribution in [1.82, 2.24) is 10.2 Å². The largest absolute Gasteiger partial charge is 0.481 e. The minimum absolute atomic E-state index is 0.0956. The van der Waals surface area contributed by atoms with E-state index < -0.39 is 58.6 Å². The van der Waals surface area contributed by atoms with Gasteiger partial charge in [-0.05, 0) is 35.4 Å². The molecule has 32 heavy (non-hydrogen) atoms. The molecule has 2 unspecified atom stereocenters. The van der Waals surface area contributed by atoms with E-state index in [-0.39, 0.29) is 4.90 Å². The molecule has 0 aromatic heterocycles. The number of benzene rings is 2. The monoisotopic (exact) mass is 457 g/mol. The highest BCUT2D eigenvalue weighted by Crippen LogP contribution is 2.24. The fourth-order valence-corrected chi connectivity index (χ4v) is 4.85. The van der Waals surface area contributed by atoms with Gasteiger partial charge in [-0.15, -0.1) is 0 Å². The third-order valence-electron chi connectivity index (χ3n) is 5.09. The number of nitrogens with zero attached hydrogens (tertiary/aromatic N) is 2. The highest BCUT2D eigenvalue weighted by Gasteiger charge is 2.41. The van der Waals surface area contributed by atoms with Crippen molar-refractivity contribution in [2.24, 2.45) is 5.92 Å². The first kappa shape index (κ1) is 22.9. The molecule has 1 aliphatic heterocycles. The molecule has 0 aliphatic carbocycles. The summed E-state index contributed by atoms with van der Waals surface area (Å²) < 4.78 is 25.6. The van der Waals surface area contributed by atoms with Crippen molar-refractivity contribution in [2.75, 3.05) is 18.9 Å². The van der Waals surface area contributed by atoms with Crippen molar-refractivity contribution in [2.45, 2.75) is 10.9 Å². The zero-order valence-electron chi connectivity index (χ0n) is 16.6. The number of hydrogen-bond acceptors (Lipinski definition) is 7. The summed E-state index contributed by atoms with van der Waals surface area (Å²) >= 11 is 0. The summed E-state index contributed by atoms with van der Waals surface area (Å²) in [6.07, 6.45) is 0. The molecule has 2 atom stereocenters. The number of hydrogen-bond donors (Lipinski definition) is 3. The molecule has 166 valence electrons. The summed E-state index contributed by atoms with van der Waals surface area (Å²) in [5, 5.41) is 29.6. The molecule has 3 N–H and O–H groups in total. The van der Waals surface area contributed by atoms with Crippen LogP contribution in [-0.4, -0.2) is 66.4 Å². The zero-order chi connectivity index (χ0) is 23.5. The Hall–Kier alpha value is -3.75. The maximum Gasteiger partial charge on any atom is 0.324 e. The van der Waals surface area contributed by atoms with Crippen LogP contribution in [0.1, 0.15) is 5.56 Å². The Balaban J connectivity index is 1.78. The van der Waals surface area contributed by atoms with E-state index in [9.17, 15) is 33.0 Å². The van der Waals surface area contributed by atoms with Gasteiger partial charge >= 0.3 is 12.0 Å². The van der Waals surface area contributed by atoms with Gasteiger partial charge in [0.25, 0.3) is 5.91 Å². The number of carboxylic acid groups (broad SMARTS) is 1. The number of carboxylic acids is 1. The van der Waals surface area contributed by atoms with E-state index in [0.29, 0.717) is 11.1 Å². The maximum atomic E-state index is 12.8. The lowest BCUT2D eigenvalue weighted by Gasteiger charge is -2.23. The fourth-order valence-electron chi connectivity index (χ4n) is 3.33. The number of aliphatic carboxylic acids is 1. The van der Waals surface area contributed by atoms with Gasteiger partial charge in [-0.3, -0.25) is 14.9 Å². The Morgan fingerprint density at radius 3 is 2.16 bits per heavy atom. The second-order valence-electron chi connectivity index (χ2n) is 7.18. The lowest BCUT2D eigenvalue weighted by molar-refractivity contribution is -0.141. The van der Waals surface area contributed by atoms with Crippen LogP contribution in [0, 0.1) is 17.2 Å². The summed E-state index contributed by atoms with van der Waals surface area (Å²) in [6.45, 7) is -1.27. The Morgan fingerprint density at radius 1 is 1.09 bits per heavy atom. The third kappa shape index (κ3) is 4.77. The van der Waals surface area contributed by atoms with E-state index in [1.54, 1.807) is 36.4 Å². The minimum Gasteiger partial charge on any atom is -0.481 e. The molecule has 3 rings (SSSR count). The predicted octanol–water partition coefficient (Wildman–Crippen LogP) is 0.612. The molecule has 3 amide bonds. The number of urea groups is 1. The second kappa shape index (κ2) is 9.17. The molecular formula is C21H19N3O7S. The third-order valence-corrected chi connectivity index (χ3v) is 6.92. The molecule has 0 bridgehead atoms. The van der Waals surface area contributed by atoms with Crippen LogP contribution in [0.5, 0.6) is 0 Å². The topological polar surface area (TPSA) is 165 Å². The highest BCUT2D eigenvalue weighted by atomic mass is 32.2. The normalized spacial score (nSPS) is 17.0. The summed E-state index contributed by atoms with van der Waals surface area (Å²) in [4.78, 5) is 35.9. The molecule has 1 fully saturated rings. The van der Waals surface area contributed by atoms with Gasteiger partial charge in [0.05, 0.1) is 34.8 Å². The number of carbonyl (C=O) groups is 3. The second-order valence-corrected chi connectivity index (χ2v) is 9.21. The number of aliphatic hydroxyl groups is 1. The maximum absolute atomic E-state index is 12.8. The number of nitrogens with one attached hydrogen (secondary N) is 1. The lowest BCUT2D eigenvalue weighted by Crippen LogP contribution is -2.44. The van der Waals surface area contributed by atoms with Crippen LogP contribution >= 0.6 is 0 Å². The molecule has 11 heteroatoms. The summed E-state index contributed by atoms with van der Waals surface area (Å²) in [5.41, 5.74) is 1.97. The van der Waals surface area contributed by atoms with Crippen LogP contribution in [0.15, 0.2) is 53.4 Å². The van der Waals surface area contributed by atoms with Gasteiger partial charge in [-0.2, -0.15) is 5.26 Å². The van der Waals surface area contributed by atoms with E-state index in [4.69, 9.17) is 5.26 Å². The van der Waals surface area contributed by atoms with Crippen molar-refractivity contribution >= 4 is 27.7 Å². The molecule has 0 saturated carbocycles. The van der Waals surface area contributed by atoms with Crippen LogP contribution in [0.3, 0.4) is 0 Å². The smallest absolute Gasteiger partial charge is 0.324 e. The van der Waals surface area contributed by atoms with Gasteiger partial charge in [0.1, 0.15) is 6.04 Å². The van der Waals surface area contributed by atoms with Gasteiger partial charge in [0.2, 0.25) is 0 Å². The Kier molecular flexibility index (Phi) is 6.57. The molecule has 0 radical (unpaired) electrons. The van der Waals surface area contributed by atoms with Crippen molar-refractivity contribution in [3.8, 4) is 17.2 Å². The van der Waals surface area contributed by atoms with E-state index in [0.717, 1.165) is 10.5 Å². The van der Waals surface area contributed by atoms with Gasteiger partial charge in [-0.25, -0.2) is 13.2 Å². The van der Waals surface area contributed by atoms with E-state index in [1.807, 2.05) is 11.4 Å². The predicted molar refractivity (Wildman–Crippen MR) is 111 cm³/mol. The first-order chi connectivity index (χ1) is 15.2. The van der Waals surface area contributed by atoms with E-state index in [2.05, 4.69) is 0 Å². The number of imide groups is 1. The SMILES string of the molecule is N#Cc1ccc(-c2ccc(S(=O)(=O)CC(CN3C(=O)NC(=O)C3CO)C(=O)O)cc2)cc1. The standard InChI is InChI=1S/C21H19N3O7S/c22-9-13-1-3-14(4-2-13)15-5-7-17(8-6-15)32(30,31)12-16(20(27)28)10-24-18(11-25)19(26)23-21(24)29/h1-8,16,18,25H,10-12H2,(H,27,28)(H,23,26,29). The van der Waals surface area contributed by atoms with Crippen LogP contribution in [-0.2, 0) is 19.4 Å². The first-order valence-corrected chi connectivity index (χ1v) is 11.1. The Morgan fingerprint density at radius 2 is 1.66 bits per heavy atom. The molecular weight excluding hydrogens is 438 g/mol. The number of carbonyl (C=O) groups excluding carboxylic acids is 2. The molecule has 2 aromatic rings. The molecule has 2 aromatic carbocycles. The first-order valence-electron chi connectivity index (χ1n) is 9.44. The number of aliphatic hydroxyl groups excluding tert-OH is 1. The summed E-state index contributed by atoms with van der Waals surface area (Å²) in [6, 6.07) is 12.4. The van der Waals surface area contributed by atoms with Gasteiger partial charge in [0, 0.05) is 6.54 Å². The molecule has 1 saturated heterocycles. The van der Waals surface area contributed by atoms with Crippen molar-refractivity contribution in [3.05, 3.63) is 54.1 Å². The van der Waals surface area contributed by atoms with Crippen LogP contribution in [0.4, 0.5) is 4.79 Å². The quantitative estimate of drug-likeness (QED) is 0.485. The molecule has 1 heterocycles. The summed E-state index contributed by atoms with van der Waals surface area (Å²) in [5.74, 6) is -4.53. The van der Waals surface area contributed by atoms with E-state index >= 15 is 0 Å². The van der Waals surface area contributed by atoms with Gasteiger partial charge in [0.15, 0.2) is 9.84 Å². The lowest BCUT2D eigenvalue weighted by atomic mass is 10.0. The van der Waals surface area contributed by atoms with Crippen LogP contribution < -0.4 is 5.32 Å². The minimum atomic E-state index is -4.04. The van der Waals surface area contributed by atoms with E-state index in [1.165, 1.54) is 12.1 Å². The number of nitriles is 1. The van der Waals surface area contributed by atoms with Crippen molar-refractivity contribution < 1.29 is 33.0 Å². The number of amides is 3. The Labute approximate surface area is 183 Å². The van der Waals surface area contributed by atoms with Crippen LogP contribution in [0.2, 0.25) is 0 Å². The number of sulfone groups is 1. The fraction of sp³-hybridized carbons (Fsp3) is 0.238. The highest BCUT2D eigenvalue weighted by molar-refractivity contribution is 7.91. The molecule has 1 aliphatic rings. The number of rotatable bonds is 8. The average Bonchev–Trinajstić information content (AvgIpc) is 3.05.